The SMILES string of the molecule is CC(C)Oc1ccccc1-n1c(CN2CCN(C(=O)COc3ccc(Cl)cc3)CC2)nc2ccc(CN3CCNCC3)cc2c1=O.CC(C)Oc1ccccc1-n1c(CN2CCN(C(=O)COc3ccc(Cl)cc3)CC2)nc2ccc(N)cc2c1=O.CC(C)Oc1ccccc1-n1c(CN2CCN(C(=O)COc3ccc(Cl)cc3)CC2)nc2ccc(N3CCN(CCO)CC3)cc2c1=O. The number of halogens is 3. The molecular formula is C101H116Cl3N17O13. The predicted molar refractivity (Wildman–Crippen MR) is 524 cm³/mol. The quantitative estimate of drug-likeness (QED) is 0.0367. The van der Waals surface area contributed by atoms with Gasteiger partial charge in [-0.15, -0.1) is 0 Å². The number of nitrogen functional groups attached to an aromatic ring is 1. The number of β-amino-alcohol motifs (C(OH)–C–C–N with tert-alkyl or cyclic N) is 1. The standard InChI is InChI=1S/C36H43ClN6O5.C35H41ClN6O4.C30H32ClN5O4/c1-26(2)48-33-6-4-3-5-32(33)43-34(24-40-15-19-42(20-16-40)35(45)25-47-29-10-7-27(37)8-11-29)38-31-12-9-28(23-30(31)36(43)46)41-17-13-39(14-18-41)21-22-44;1-25(2)46-32-6-4-3-5-31(32)42-33(38-30-12-7-26(21-29(30)35(42)44)22-39-15-13-37-14-16-39)23-40-17-19-41(20-18-40)34(43)24-45-28-10-8-27(36)9-11-28;1-20(2)40-27-6-4-3-5-26(27)36-28(33-25-12-9-22(32)17-24(25)30(36)38)18-34-13-15-35(16-14-34)29(37)19-39-23-10-7-21(31)8-11-23/h3-12,23,26,44H,13-22,24-25H2,1-2H3;3-12,21,25,37H,13-20,22-24H2,1-2H3;3-12,17,20H,13-16,18-19,32H2,1-2H3. The maximum Gasteiger partial charge on any atom is 0.266 e. The first-order valence-corrected chi connectivity index (χ1v) is 46.9. The van der Waals surface area contributed by atoms with Crippen LogP contribution in [0.4, 0.5) is 11.4 Å². The average molecular weight is 1880 g/mol. The third-order valence-electron chi connectivity index (χ3n) is 23.9. The van der Waals surface area contributed by atoms with Crippen LogP contribution in [-0.4, -0.2) is 273 Å². The Bertz CT molecular complexity index is 6230. The van der Waals surface area contributed by atoms with Crippen LogP contribution in [0.2, 0.25) is 15.1 Å². The van der Waals surface area contributed by atoms with Gasteiger partial charge in [-0.2, -0.15) is 0 Å². The number of aliphatic hydroxyl groups is 1. The van der Waals surface area contributed by atoms with Crippen molar-refractivity contribution in [1.82, 2.24) is 73.2 Å². The third-order valence-corrected chi connectivity index (χ3v) is 24.6. The first-order chi connectivity index (χ1) is 64.9. The predicted octanol–water partition coefficient (Wildman–Crippen LogP) is 11.8. The van der Waals surface area contributed by atoms with Gasteiger partial charge in [-0.1, -0.05) is 77.3 Å². The van der Waals surface area contributed by atoms with Crippen LogP contribution in [0.5, 0.6) is 34.5 Å². The van der Waals surface area contributed by atoms with Crippen LogP contribution in [0.3, 0.4) is 0 Å². The zero-order valence-corrected chi connectivity index (χ0v) is 78.8. The number of rotatable bonds is 29. The molecule has 0 radical (unpaired) electrons. The minimum absolute atomic E-state index is 0.0311. The van der Waals surface area contributed by atoms with Crippen molar-refractivity contribution in [2.45, 2.75) is 86.0 Å². The molecule has 5 saturated heterocycles. The number of nitrogens with two attached hydrogens (primary N) is 1. The molecule has 17 rings (SSSR count). The summed E-state index contributed by atoms with van der Waals surface area (Å²) in [5.74, 6) is 5.28. The molecule has 0 spiro atoms. The summed E-state index contributed by atoms with van der Waals surface area (Å²) >= 11 is 17.8. The van der Waals surface area contributed by atoms with Gasteiger partial charge in [0.25, 0.3) is 34.4 Å². The van der Waals surface area contributed by atoms with Crippen LogP contribution in [-0.2, 0) is 40.6 Å². The zero-order chi connectivity index (χ0) is 93.9. The molecule has 0 saturated carbocycles. The van der Waals surface area contributed by atoms with Gasteiger partial charge in [0.15, 0.2) is 19.8 Å². The Labute approximate surface area is 794 Å². The summed E-state index contributed by atoms with van der Waals surface area (Å²) in [4.78, 5) is 115. The number of amides is 3. The fourth-order valence-corrected chi connectivity index (χ4v) is 17.3. The van der Waals surface area contributed by atoms with E-state index >= 15 is 0 Å². The van der Waals surface area contributed by atoms with E-state index in [-0.39, 0.29) is 79.1 Å². The number of hydrogen-bond donors (Lipinski definition) is 3. The molecule has 5 aliphatic heterocycles. The summed E-state index contributed by atoms with van der Waals surface area (Å²) < 4.78 is 40.4. The van der Waals surface area contributed by atoms with E-state index in [4.69, 9.17) is 83.9 Å². The van der Waals surface area contributed by atoms with Crippen LogP contribution in [0.25, 0.3) is 49.8 Å². The van der Waals surface area contributed by atoms with Gasteiger partial charge in [0.05, 0.1) is 94.3 Å². The number of carbonyl (C=O) groups is 3. The van der Waals surface area contributed by atoms with E-state index in [1.807, 2.05) is 154 Å². The number of carbonyl (C=O) groups excluding carboxylic acids is 3. The summed E-state index contributed by atoms with van der Waals surface area (Å²) in [6.07, 6.45) is -0.212. The average Bonchev–Trinajstić information content (AvgIpc) is 0.766. The van der Waals surface area contributed by atoms with Gasteiger partial charge in [0, 0.05) is 170 Å². The van der Waals surface area contributed by atoms with Crippen LogP contribution < -0.4 is 61.0 Å². The summed E-state index contributed by atoms with van der Waals surface area (Å²) in [5, 5.41) is 16.1. The van der Waals surface area contributed by atoms with Gasteiger partial charge in [-0.25, -0.2) is 15.0 Å². The molecule has 30 nitrogen and oxygen atoms in total. The number of piperazine rings is 5. The maximum absolute atomic E-state index is 14.5. The topological polar surface area (TPSA) is 299 Å². The van der Waals surface area contributed by atoms with Gasteiger partial charge >= 0.3 is 0 Å². The molecule has 3 aromatic heterocycles. The highest BCUT2D eigenvalue weighted by atomic mass is 35.5. The molecule has 8 heterocycles. The van der Waals surface area contributed by atoms with Crippen molar-refractivity contribution >= 4 is 96.6 Å². The van der Waals surface area contributed by atoms with E-state index in [2.05, 4.69) is 40.8 Å². The Balaban J connectivity index is 0.000000154. The number of fused-ring (bicyclic) bond motifs is 3. The first kappa shape index (κ1) is 96.4. The third kappa shape index (κ3) is 25.1. The van der Waals surface area contributed by atoms with E-state index in [1.54, 1.807) is 110 Å². The molecule has 0 aliphatic carbocycles. The lowest BCUT2D eigenvalue weighted by Gasteiger charge is -2.36. The number of nitrogens with zero attached hydrogens (tertiary/aromatic N) is 15. The van der Waals surface area contributed by atoms with Crippen molar-refractivity contribution in [3.05, 3.63) is 269 Å². The number of benzene rings is 9. The Morgan fingerprint density at radius 1 is 0.381 bits per heavy atom. The molecule has 134 heavy (non-hydrogen) atoms. The van der Waals surface area contributed by atoms with Gasteiger partial charge in [0.1, 0.15) is 52.0 Å². The Hall–Kier alpha value is -12.2. The van der Waals surface area contributed by atoms with Crippen molar-refractivity contribution in [2.75, 3.05) is 175 Å². The van der Waals surface area contributed by atoms with Crippen LogP contribution in [0.15, 0.2) is 215 Å². The molecule has 4 N–H and O–H groups in total. The normalized spacial score (nSPS) is 15.5. The largest absolute Gasteiger partial charge is 0.489 e. The van der Waals surface area contributed by atoms with Crippen LogP contribution in [0.1, 0.15) is 64.6 Å². The van der Waals surface area contributed by atoms with E-state index in [1.165, 1.54) is 0 Å². The number of nitrogens with one attached hydrogen (secondary N) is 1. The number of para-hydroxylation sites is 6. The number of aromatic nitrogens is 6. The lowest BCUT2D eigenvalue weighted by molar-refractivity contribution is -0.135. The Morgan fingerprint density at radius 3 is 1.07 bits per heavy atom. The summed E-state index contributed by atoms with van der Waals surface area (Å²) in [5.41, 5.74) is 12.0. The van der Waals surface area contributed by atoms with E-state index < -0.39 is 0 Å². The molecule has 0 atom stereocenters. The number of hydrogen-bond acceptors (Lipinski definition) is 24. The van der Waals surface area contributed by atoms with Crippen molar-refractivity contribution in [2.24, 2.45) is 0 Å². The highest BCUT2D eigenvalue weighted by molar-refractivity contribution is 6.31. The lowest BCUT2D eigenvalue weighted by atomic mass is 10.1. The summed E-state index contributed by atoms with van der Waals surface area (Å²) in [6, 6.07) is 60.7. The van der Waals surface area contributed by atoms with Gasteiger partial charge in [-0.3, -0.25) is 67.0 Å². The molecule has 0 unspecified atom stereocenters. The number of aliphatic hydroxyl groups excluding tert-OH is 1. The van der Waals surface area contributed by atoms with E-state index in [9.17, 15) is 33.9 Å². The highest BCUT2D eigenvalue weighted by Crippen LogP contribution is 2.32. The van der Waals surface area contributed by atoms with Crippen LogP contribution in [0, 0.1) is 0 Å². The van der Waals surface area contributed by atoms with Gasteiger partial charge in [-0.05, 0) is 205 Å². The number of anilines is 2. The fourth-order valence-electron chi connectivity index (χ4n) is 17.0. The molecule has 9 aromatic carbocycles. The monoisotopic (exact) mass is 1880 g/mol. The molecule has 12 aromatic rings. The number of ether oxygens (including phenoxy) is 6. The van der Waals surface area contributed by atoms with Gasteiger partial charge in [0.2, 0.25) is 0 Å². The Morgan fingerprint density at radius 2 is 0.709 bits per heavy atom. The van der Waals surface area contributed by atoms with Crippen molar-refractivity contribution < 1.29 is 47.9 Å². The van der Waals surface area contributed by atoms with E-state index in [0.29, 0.717) is 227 Å². The second kappa shape index (κ2) is 45.7. The van der Waals surface area contributed by atoms with E-state index in [0.717, 1.165) is 70.2 Å². The van der Waals surface area contributed by atoms with Crippen molar-refractivity contribution in [1.29, 1.82) is 0 Å². The van der Waals surface area contributed by atoms with Crippen molar-refractivity contribution in [3.8, 4) is 51.6 Å². The zero-order valence-electron chi connectivity index (χ0n) is 76.6. The lowest BCUT2D eigenvalue weighted by Crippen LogP contribution is -2.50. The minimum Gasteiger partial charge on any atom is -0.489 e. The highest BCUT2D eigenvalue weighted by Gasteiger charge is 2.31. The smallest absolute Gasteiger partial charge is 0.266 e. The fraction of sp³-hybridized carbons (Fsp3) is 0.376. The first-order valence-electron chi connectivity index (χ1n) is 45.8. The molecule has 0 bridgehead atoms. The summed E-state index contributed by atoms with van der Waals surface area (Å²) in [7, 11) is 0. The van der Waals surface area contributed by atoms with Gasteiger partial charge < -0.3 is 64.2 Å². The maximum atomic E-state index is 14.5. The molecule has 3 amide bonds. The van der Waals surface area contributed by atoms with Crippen molar-refractivity contribution in [3.63, 3.8) is 0 Å². The molecule has 5 aliphatic rings. The second-order valence-electron chi connectivity index (χ2n) is 34.5. The molecule has 5 fully saturated rings. The minimum atomic E-state index is -0.208. The molecule has 33 heteroatoms. The Kier molecular flexibility index (Phi) is 32.9. The molecule has 704 valence electrons. The second-order valence-corrected chi connectivity index (χ2v) is 35.8. The summed E-state index contributed by atoms with van der Waals surface area (Å²) in [6.45, 7) is 28.9. The molecular weight excluding hydrogens is 1770 g/mol. The van der Waals surface area contributed by atoms with Crippen LogP contribution >= 0.6 is 34.8 Å².